The van der Waals surface area contributed by atoms with E-state index in [0.717, 1.165) is 0 Å². The maximum Gasteiger partial charge on any atom is 0.488 e. The van der Waals surface area contributed by atoms with Gasteiger partial charge in [-0.15, -0.1) is 0 Å². The van der Waals surface area contributed by atoms with Gasteiger partial charge in [-0.2, -0.15) is 0 Å². The number of carbonyl (C=O) groups is 3. The lowest BCUT2D eigenvalue weighted by atomic mass is 9.80. The summed E-state index contributed by atoms with van der Waals surface area (Å²) in [4.78, 5) is 38.4. The maximum atomic E-state index is 13.5. The molecule has 2 amide bonds. The molecule has 170 valence electrons. The highest BCUT2D eigenvalue weighted by atomic mass is 19.1. The molecule has 1 heterocycles. The van der Waals surface area contributed by atoms with Crippen molar-refractivity contribution in [2.24, 2.45) is 7.05 Å². The van der Waals surface area contributed by atoms with Crippen molar-refractivity contribution in [3.05, 3.63) is 76.4 Å². The van der Waals surface area contributed by atoms with Crippen LogP contribution in [-0.2, 0) is 11.8 Å². The van der Waals surface area contributed by atoms with Crippen molar-refractivity contribution in [1.82, 2.24) is 4.57 Å². The van der Waals surface area contributed by atoms with E-state index in [0.29, 0.717) is 28.2 Å². The molecule has 3 aromatic rings. The first-order valence-corrected chi connectivity index (χ1v) is 10.1. The lowest BCUT2D eigenvalue weighted by molar-refractivity contribution is -0.112. The summed E-state index contributed by atoms with van der Waals surface area (Å²) in [5, 5.41) is 23.5. The molecule has 0 radical (unpaired) electrons. The number of halogens is 1. The lowest BCUT2D eigenvalue weighted by Gasteiger charge is -2.08. The second kappa shape index (κ2) is 9.39. The first-order valence-electron chi connectivity index (χ1n) is 10.1. The number of rotatable bonds is 6. The Labute approximate surface area is 190 Å². The summed E-state index contributed by atoms with van der Waals surface area (Å²) in [6.45, 7) is 4.82. The van der Waals surface area contributed by atoms with Crippen LogP contribution in [0.25, 0.3) is 0 Å². The molecule has 10 heteroatoms. The molecule has 3 rings (SSSR count). The van der Waals surface area contributed by atoms with Crippen molar-refractivity contribution in [2.75, 3.05) is 10.6 Å². The predicted octanol–water partition coefficient (Wildman–Crippen LogP) is 1.84. The number of nitrogens with one attached hydrogen (secondary N) is 2. The Kier molecular flexibility index (Phi) is 6.80. The van der Waals surface area contributed by atoms with Crippen LogP contribution in [0.4, 0.5) is 15.8 Å². The zero-order valence-electron chi connectivity index (χ0n) is 18.6. The van der Waals surface area contributed by atoms with Crippen LogP contribution in [0.1, 0.15) is 37.7 Å². The summed E-state index contributed by atoms with van der Waals surface area (Å²) < 4.78 is 15.0. The Morgan fingerprint density at radius 1 is 0.939 bits per heavy atom. The highest BCUT2D eigenvalue weighted by Gasteiger charge is 2.28. The van der Waals surface area contributed by atoms with Crippen LogP contribution in [0.15, 0.2) is 42.5 Å². The van der Waals surface area contributed by atoms with Crippen molar-refractivity contribution < 1.29 is 28.8 Å². The Morgan fingerprint density at radius 2 is 1.55 bits per heavy atom. The molecule has 0 aliphatic rings. The van der Waals surface area contributed by atoms with Gasteiger partial charge in [0, 0.05) is 24.1 Å². The number of ketones is 1. The summed E-state index contributed by atoms with van der Waals surface area (Å²) in [7, 11) is -0.0622. The minimum Gasteiger partial charge on any atom is -0.423 e. The van der Waals surface area contributed by atoms with E-state index in [-0.39, 0.29) is 22.5 Å². The Bertz CT molecular complexity index is 1250. The Morgan fingerprint density at radius 3 is 2.12 bits per heavy atom. The number of aryl methyl sites for hydroxylation is 1. The summed E-state index contributed by atoms with van der Waals surface area (Å²) in [5.74, 6) is -2.61. The zero-order chi connectivity index (χ0) is 24.4. The summed E-state index contributed by atoms with van der Waals surface area (Å²) >= 11 is 0. The number of carbonyl (C=O) groups excluding carboxylic acids is 3. The van der Waals surface area contributed by atoms with E-state index in [1.54, 1.807) is 27.8 Å². The fraction of sp³-hybridized carbons (Fsp3) is 0.174. The van der Waals surface area contributed by atoms with Crippen LogP contribution in [0, 0.1) is 26.6 Å². The molecule has 0 aliphatic heterocycles. The third-order valence-corrected chi connectivity index (χ3v) is 5.46. The van der Waals surface area contributed by atoms with Gasteiger partial charge in [-0.1, -0.05) is 12.1 Å². The van der Waals surface area contributed by atoms with E-state index in [4.69, 9.17) is 10.0 Å². The van der Waals surface area contributed by atoms with Gasteiger partial charge < -0.3 is 25.2 Å². The van der Waals surface area contributed by atoms with Gasteiger partial charge in [0.15, 0.2) is 0 Å². The molecular formula is C23H23BFN3O5. The van der Waals surface area contributed by atoms with Gasteiger partial charge in [-0.3, -0.25) is 14.4 Å². The molecule has 0 saturated carbocycles. The molecule has 2 aromatic carbocycles. The van der Waals surface area contributed by atoms with E-state index in [1.807, 2.05) is 0 Å². The van der Waals surface area contributed by atoms with E-state index in [9.17, 15) is 18.8 Å². The molecular weight excluding hydrogens is 428 g/mol. The van der Waals surface area contributed by atoms with Gasteiger partial charge in [0.05, 0.1) is 11.3 Å². The number of nitrogens with zero attached hydrogens (tertiary/aromatic N) is 1. The van der Waals surface area contributed by atoms with Crippen molar-refractivity contribution in [1.29, 1.82) is 0 Å². The molecule has 8 nitrogen and oxygen atoms in total. The summed E-state index contributed by atoms with van der Waals surface area (Å²) in [6, 6.07) is 9.88. The summed E-state index contributed by atoms with van der Waals surface area (Å²) in [6.07, 6.45) is 0. The molecule has 4 N–H and O–H groups in total. The van der Waals surface area contributed by atoms with Gasteiger partial charge in [0.2, 0.25) is 0 Å². The Balaban J connectivity index is 1.84. The Hall–Kier alpha value is -3.76. The number of hydrogen-bond donors (Lipinski definition) is 4. The fourth-order valence-corrected chi connectivity index (χ4v) is 3.58. The van der Waals surface area contributed by atoms with Crippen LogP contribution >= 0.6 is 0 Å². The van der Waals surface area contributed by atoms with Crippen LogP contribution in [0.3, 0.4) is 0 Å². The largest absolute Gasteiger partial charge is 0.488 e. The van der Waals surface area contributed by atoms with Crippen LogP contribution in [0.5, 0.6) is 0 Å². The van der Waals surface area contributed by atoms with E-state index < -0.39 is 24.7 Å². The quantitative estimate of drug-likeness (QED) is 0.259. The monoisotopic (exact) mass is 451 g/mol. The number of benzene rings is 2. The second-order valence-electron chi connectivity index (χ2n) is 7.69. The second-order valence-corrected chi connectivity index (χ2v) is 7.69. The van der Waals surface area contributed by atoms with Crippen molar-refractivity contribution in [2.45, 2.75) is 20.8 Å². The van der Waals surface area contributed by atoms with E-state index >= 15 is 0 Å². The first-order chi connectivity index (χ1) is 15.5. The molecule has 0 unspecified atom stereocenters. The van der Waals surface area contributed by atoms with Crippen LogP contribution in [-0.4, -0.2) is 39.3 Å². The average Bonchev–Trinajstić information content (AvgIpc) is 2.98. The topological polar surface area (TPSA) is 121 Å². The number of hydrogen-bond acceptors (Lipinski definition) is 5. The van der Waals surface area contributed by atoms with E-state index in [1.165, 1.54) is 47.0 Å². The van der Waals surface area contributed by atoms with Crippen molar-refractivity contribution >= 4 is 41.6 Å². The summed E-state index contributed by atoms with van der Waals surface area (Å²) in [5.41, 5.74) is 2.45. The normalized spacial score (nSPS) is 10.6. The predicted molar refractivity (Wildman–Crippen MR) is 123 cm³/mol. The standard InChI is InChI=1S/C23H23BFN3O5/c1-12-11-17(9-10-18(12)25)27-22(30)19-13(2)20(28(4)14(19)3)21(29)23(31)26-16-7-5-15(6-8-16)24(32)33/h5-11,32-33H,1-4H3,(H,26,31)(H,27,30). The van der Waals surface area contributed by atoms with Crippen LogP contribution in [0.2, 0.25) is 0 Å². The molecule has 33 heavy (non-hydrogen) atoms. The fourth-order valence-electron chi connectivity index (χ4n) is 3.58. The smallest absolute Gasteiger partial charge is 0.423 e. The van der Waals surface area contributed by atoms with Gasteiger partial charge in [-0.25, -0.2) is 4.39 Å². The number of aromatic nitrogens is 1. The van der Waals surface area contributed by atoms with Gasteiger partial charge in [0.25, 0.3) is 17.6 Å². The first kappa shape index (κ1) is 23.9. The minimum absolute atomic E-state index is 0.0628. The molecule has 0 atom stereocenters. The maximum absolute atomic E-state index is 13.5. The average molecular weight is 451 g/mol. The number of amides is 2. The zero-order valence-corrected chi connectivity index (χ0v) is 18.6. The molecule has 0 saturated heterocycles. The van der Waals surface area contributed by atoms with Crippen molar-refractivity contribution in [3.8, 4) is 0 Å². The highest BCUT2D eigenvalue weighted by Crippen LogP contribution is 2.24. The molecule has 0 bridgehead atoms. The molecule has 1 aromatic heterocycles. The van der Waals surface area contributed by atoms with Gasteiger partial charge >= 0.3 is 7.12 Å². The van der Waals surface area contributed by atoms with E-state index in [2.05, 4.69) is 10.6 Å². The third-order valence-electron chi connectivity index (χ3n) is 5.46. The number of Topliss-reactive ketones (excluding diaryl/α,β-unsaturated/α-hetero) is 1. The molecule has 0 fully saturated rings. The molecule has 0 spiro atoms. The third kappa shape index (κ3) is 4.86. The minimum atomic E-state index is -1.64. The lowest BCUT2D eigenvalue weighted by Crippen LogP contribution is -2.30. The highest BCUT2D eigenvalue weighted by molar-refractivity contribution is 6.58. The van der Waals surface area contributed by atoms with Gasteiger partial charge in [-0.05, 0) is 67.7 Å². The SMILES string of the molecule is Cc1cc(NC(=O)c2c(C)c(C(=O)C(=O)Nc3ccc(B(O)O)cc3)n(C)c2C)ccc1F. The van der Waals surface area contributed by atoms with Gasteiger partial charge in [0.1, 0.15) is 5.82 Å². The van der Waals surface area contributed by atoms with Crippen molar-refractivity contribution in [3.63, 3.8) is 0 Å². The number of anilines is 2. The molecule has 0 aliphatic carbocycles. The van der Waals surface area contributed by atoms with Crippen LogP contribution < -0.4 is 16.1 Å².